The number of carbonyl (C=O) groups excluding carboxylic acids is 1. The molecule has 0 aromatic carbocycles. The molecule has 0 fully saturated rings. The van der Waals surface area contributed by atoms with E-state index in [1.165, 1.54) is 5.57 Å². The lowest BCUT2D eigenvalue weighted by Gasteiger charge is -2.27. The number of hydrogen-bond donors (Lipinski definition) is 1. The number of allylic oxidation sites excluding steroid dienone is 3. The number of alkyl halides is 2. The van der Waals surface area contributed by atoms with Gasteiger partial charge in [0.1, 0.15) is 4.32 Å². The third-order valence-electron chi connectivity index (χ3n) is 2.09. The van der Waals surface area contributed by atoms with E-state index in [0.717, 1.165) is 6.42 Å². The van der Waals surface area contributed by atoms with Crippen LogP contribution < -0.4 is 5.73 Å². The van der Waals surface area contributed by atoms with Gasteiger partial charge in [0.2, 0.25) is 5.91 Å². The Hall–Kier alpha value is -0.0900. The summed E-state index contributed by atoms with van der Waals surface area (Å²) in [5.74, 6) is -0.378. The van der Waals surface area contributed by atoms with Crippen molar-refractivity contribution in [1.82, 2.24) is 0 Å². The Labute approximate surface area is 94.5 Å². The quantitative estimate of drug-likeness (QED) is 0.781. The van der Waals surface area contributed by atoms with Crippen LogP contribution in [0.5, 0.6) is 0 Å². The summed E-state index contributed by atoms with van der Waals surface area (Å²) in [6, 6.07) is 0. The van der Waals surface area contributed by atoms with Crippen LogP contribution in [0.2, 0.25) is 0 Å². The first kappa shape index (κ1) is 11.0. The first-order valence-electron chi connectivity index (χ1n) is 4.03. The third-order valence-corrected chi connectivity index (χ3v) is 4.84. The zero-order valence-corrected chi connectivity index (χ0v) is 10.4. The first-order chi connectivity index (χ1) is 6.00. The molecular formula is C9H11Br2NO. The van der Waals surface area contributed by atoms with Gasteiger partial charge in [-0.2, -0.15) is 0 Å². The smallest absolute Gasteiger partial charge is 0.239 e. The fourth-order valence-electron chi connectivity index (χ4n) is 1.14. The van der Waals surface area contributed by atoms with Crippen LogP contribution in [0.15, 0.2) is 23.8 Å². The van der Waals surface area contributed by atoms with E-state index in [2.05, 4.69) is 38.8 Å². The summed E-state index contributed by atoms with van der Waals surface area (Å²) in [5.41, 5.74) is 6.49. The molecule has 1 aliphatic carbocycles. The number of rotatable bonds is 2. The molecule has 0 saturated carbocycles. The Balaban J connectivity index is 2.94. The molecule has 1 aliphatic rings. The molecule has 1 rings (SSSR count). The maximum Gasteiger partial charge on any atom is 0.239 e. The summed E-state index contributed by atoms with van der Waals surface area (Å²) in [5, 5.41) is 0. The number of halogens is 2. The Morgan fingerprint density at radius 1 is 1.77 bits per heavy atom. The van der Waals surface area contributed by atoms with Crippen molar-refractivity contribution in [2.24, 2.45) is 5.73 Å². The van der Waals surface area contributed by atoms with Gasteiger partial charge in [-0.3, -0.25) is 4.79 Å². The fraction of sp³-hybridized carbons (Fsp3) is 0.444. The topological polar surface area (TPSA) is 43.1 Å². The highest BCUT2D eigenvalue weighted by Gasteiger charge is 2.38. The predicted octanol–water partition coefficient (Wildman–Crippen LogP) is 2.28. The van der Waals surface area contributed by atoms with Gasteiger partial charge in [-0.15, -0.1) is 0 Å². The van der Waals surface area contributed by atoms with Crippen molar-refractivity contribution in [3.05, 3.63) is 23.8 Å². The summed E-state index contributed by atoms with van der Waals surface area (Å²) < 4.78 is -0.772. The number of primary amides is 1. The highest BCUT2D eigenvalue weighted by molar-refractivity contribution is 9.13. The molecule has 0 aliphatic heterocycles. The van der Waals surface area contributed by atoms with E-state index >= 15 is 0 Å². The molecule has 13 heavy (non-hydrogen) atoms. The highest BCUT2D eigenvalue weighted by Crippen LogP contribution is 2.35. The van der Waals surface area contributed by atoms with Crippen LogP contribution in [-0.4, -0.2) is 15.1 Å². The van der Waals surface area contributed by atoms with E-state index in [0.29, 0.717) is 0 Å². The van der Waals surface area contributed by atoms with E-state index in [1.807, 2.05) is 12.2 Å². The van der Waals surface area contributed by atoms with E-state index < -0.39 is 4.32 Å². The monoisotopic (exact) mass is 307 g/mol. The number of nitrogens with two attached hydrogens (primary N) is 1. The van der Waals surface area contributed by atoms with Gasteiger partial charge in [0.15, 0.2) is 0 Å². The van der Waals surface area contributed by atoms with Crippen LogP contribution in [-0.2, 0) is 4.79 Å². The van der Waals surface area contributed by atoms with Crippen LogP contribution in [0.25, 0.3) is 0 Å². The van der Waals surface area contributed by atoms with Crippen LogP contribution in [0.1, 0.15) is 13.3 Å². The maximum absolute atomic E-state index is 11.1. The fourth-order valence-corrected chi connectivity index (χ4v) is 2.12. The molecule has 0 aromatic rings. The Morgan fingerprint density at radius 3 is 2.77 bits per heavy atom. The van der Waals surface area contributed by atoms with E-state index in [-0.39, 0.29) is 10.7 Å². The Kier molecular flexibility index (Phi) is 3.35. The number of hydrogen-bond acceptors (Lipinski definition) is 1. The van der Waals surface area contributed by atoms with Gasteiger partial charge in [-0.1, -0.05) is 62.6 Å². The lowest BCUT2D eigenvalue weighted by Crippen LogP contribution is -2.44. The molecule has 0 aromatic heterocycles. The maximum atomic E-state index is 11.1. The number of amides is 1. The molecule has 0 bridgehead atoms. The highest BCUT2D eigenvalue weighted by atomic mass is 79.9. The van der Waals surface area contributed by atoms with E-state index in [9.17, 15) is 4.79 Å². The summed E-state index contributed by atoms with van der Waals surface area (Å²) in [6.45, 7) is 2.07. The molecule has 0 saturated heterocycles. The van der Waals surface area contributed by atoms with Crippen LogP contribution in [0, 0.1) is 0 Å². The molecule has 4 heteroatoms. The molecule has 0 radical (unpaired) electrons. The average Bonchev–Trinajstić information content (AvgIpc) is 2.09. The van der Waals surface area contributed by atoms with Crippen molar-refractivity contribution in [2.75, 3.05) is 0 Å². The molecule has 72 valence electrons. The minimum atomic E-state index is -0.772. The summed E-state index contributed by atoms with van der Waals surface area (Å²) in [7, 11) is 0. The van der Waals surface area contributed by atoms with Crippen LogP contribution >= 0.6 is 31.9 Å². The zero-order valence-electron chi connectivity index (χ0n) is 7.26. The molecule has 0 heterocycles. The second-order valence-corrected chi connectivity index (χ2v) is 5.26. The van der Waals surface area contributed by atoms with E-state index in [4.69, 9.17) is 5.73 Å². The van der Waals surface area contributed by atoms with Gasteiger partial charge in [0, 0.05) is 0 Å². The van der Waals surface area contributed by atoms with Crippen molar-refractivity contribution in [3.63, 3.8) is 0 Å². The molecule has 2 atom stereocenters. The van der Waals surface area contributed by atoms with Gasteiger partial charge in [0.25, 0.3) is 0 Å². The largest absolute Gasteiger partial charge is 0.368 e. The molecule has 2 unspecified atom stereocenters. The minimum Gasteiger partial charge on any atom is -0.368 e. The second kappa shape index (κ2) is 3.96. The summed E-state index contributed by atoms with van der Waals surface area (Å²) in [4.78, 5) is 11.1. The molecule has 0 spiro atoms. The van der Waals surface area contributed by atoms with Crippen LogP contribution in [0.3, 0.4) is 0 Å². The van der Waals surface area contributed by atoms with Crippen LogP contribution in [0.4, 0.5) is 0 Å². The second-order valence-electron chi connectivity index (χ2n) is 2.96. The average molecular weight is 309 g/mol. The SMILES string of the molecule is CCC1=CC(Br)C(Br)(C(N)=O)C=C1. The van der Waals surface area contributed by atoms with Gasteiger partial charge >= 0.3 is 0 Å². The van der Waals surface area contributed by atoms with Crippen molar-refractivity contribution in [2.45, 2.75) is 22.5 Å². The zero-order chi connectivity index (χ0) is 10.1. The van der Waals surface area contributed by atoms with Crippen molar-refractivity contribution in [3.8, 4) is 0 Å². The van der Waals surface area contributed by atoms with Gasteiger partial charge < -0.3 is 5.73 Å². The summed E-state index contributed by atoms with van der Waals surface area (Å²) in [6.07, 6.45) is 6.69. The standard InChI is InChI=1S/C9H11Br2NO/c1-2-6-3-4-9(11,8(12)13)7(10)5-6/h3-5,7H,2H2,1H3,(H2,12,13). The Bertz CT molecular complexity index is 285. The molecular weight excluding hydrogens is 298 g/mol. The Morgan fingerprint density at radius 2 is 2.38 bits per heavy atom. The van der Waals surface area contributed by atoms with Crippen molar-refractivity contribution in [1.29, 1.82) is 0 Å². The molecule has 2 N–H and O–H groups in total. The lowest BCUT2D eigenvalue weighted by molar-refractivity contribution is -0.118. The van der Waals surface area contributed by atoms with E-state index in [1.54, 1.807) is 6.08 Å². The molecule has 1 amide bonds. The molecule has 2 nitrogen and oxygen atoms in total. The lowest BCUT2D eigenvalue weighted by atomic mass is 9.95. The normalized spacial score (nSPS) is 32.8. The predicted molar refractivity (Wildman–Crippen MR) is 61.1 cm³/mol. The number of carbonyl (C=O) groups is 1. The van der Waals surface area contributed by atoms with Gasteiger partial charge in [-0.25, -0.2) is 0 Å². The van der Waals surface area contributed by atoms with Gasteiger partial charge in [0.05, 0.1) is 4.83 Å². The first-order valence-corrected chi connectivity index (χ1v) is 5.74. The minimum absolute atomic E-state index is 0.0718. The summed E-state index contributed by atoms with van der Waals surface area (Å²) >= 11 is 6.75. The van der Waals surface area contributed by atoms with Gasteiger partial charge in [-0.05, 0) is 6.42 Å². The third kappa shape index (κ3) is 2.05. The van der Waals surface area contributed by atoms with Crippen molar-refractivity contribution < 1.29 is 4.79 Å². The van der Waals surface area contributed by atoms with Crippen molar-refractivity contribution >= 4 is 37.8 Å².